The first-order chi connectivity index (χ1) is 9.06. The lowest BCUT2D eigenvalue weighted by atomic mass is 10.0. The van der Waals surface area contributed by atoms with E-state index in [1.165, 1.54) is 16.7 Å². The maximum Gasteiger partial charge on any atom is 0.222 e. The molecule has 2 rings (SSSR count). The van der Waals surface area contributed by atoms with Gasteiger partial charge in [0.2, 0.25) is 5.91 Å². The lowest BCUT2D eigenvalue weighted by Crippen LogP contribution is -2.41. The van der Waals surface area contributed by atoms with Gasteiger partial charge in [-0.25, -0.2) is 0 Å². The molecule has 1 aromatic rings. The zero-order valence-corrected chi connectivity index (χ0v) is 12.5. The number of rotatable bonds is 3. The molecule has 0 bridgehead atoms. The molecule has 0 N–H and O–H groups in total. The van der Waals surface area contributed by atoms with Gasteiger partial charge in [0.15, 0.2) is 0 Å². The highest BCUT2D eigenvalue weighted by molar-refractivity contribution is 7.85. The molecule has 1 heterocycles. The van der Waals surface area contributed by atoms with Crippen molar-refractivity contribution < 1.29 is 9.00 Å². The van der Waals surface area contributed by atoms with Crippen LogP contribution in [0.15, 0.2) is 18.2 Å². The smallest absolute Gasteiger partial charge is 0.222 e. The Morgan fingerprint density at radius 3 is 2.58 bits per heavy atom. The molecule has 0 saturated carbocycles. The minimum atomic E-state index is -0.718. The molecule has 1 aromatic carbocycles. The van der Waals surface area contributed by atoms with Gasteiger partial charge in [-0.15, -0.1) is 0 Å². The van der Waals surface area contributed by atoms with E-state index in [2.05, 4.69) is 32.0 Å². The van der Waals surface area contributed by atoms with Crippen LogP contribution in [0.5, 0.6) is 0 Å². The topological polar surface area (TPSA) is 37.4 Å². The highest BCUT2D eigenvalue weighted by Gasteiger charge is 2.19. The maximum absolute atomic E-state index is 12.1. The van der Waals surface area contributed by atoms with Crippen LogP contribution in [0.1, 0.15) is 23.1 Å². The molecule has 3 nitrogen and oxygen atoms in total. The molecule has 104 valence electrons. The summed E-state index contributed by atoms with van der Waals surface area (Å²) < 4.78 is 11.3. The first-order valence-electron chi connectivity index (χ1n) is 6.75. The fraction of sp³-hybridized carbons (Fsp3) is 0.533. The van der Waals surface area contributed by atoms with Crippen LogP contribution in [-0.4, -0.2) is 39.6 Å². The van der Waals surface area contributed by atoms with E-state index in [9.17, 15) is 9.00 Å². The Kier molecular flexibility index (Phi) is 4.75. The molecular weight excluding hydrogens is 258 g/mol. The molecule has 0 unspecified atom stereocenters. The number of amides is 1. The van der Waals surface area contributed by atoms with Crippen LogP contribution < -0.4 is 0 Å². The van der Waals surface area contributed by atoms with E-state index in [4.69, 9.17) is 0 Å². The number of carbonyl (C=O) groups excluding carboxylic acids is 1. The van der Waals surface area contributed by atoms with Crippen LogP contribution in [0, 0.1) is 13.8 Å². The van der Waals surface area contributed by atoms with Crippen molar-refractivity contribution in [1.29, 1.82) is 0 Å². The van der Waals surface area contributed by atoms with Gasteiger partial charge in [-0.3, -0.25) is 9.00 Å². The molecule has 19 heavy (non-hydrogen) atoms. The lowest BCUT2D eigenvalue weighted by molar-refractivity contribution is -0.130. The zero-order chi connectivity index (χ0) is 13.8. The van der Waals surface area contributed by atoms with Crippen molar-refractivity contribution in [3.63, 3.8) is 0 Å². The normalized spacial score (nSPS) is 16.6. The number of benzene rings is 1. The van der Waals surface area contributed by atoms with Crippen molar-refractivity contribution in [2.45, 2.75) is 26.7 Å². The van der Waals surface area contributed by atoms with Crippen molar-refractivity contribution >= 4 is 16.7 Å². The first kappa shape index (κ1) is 14.3. The van der Waals surface area contributed by atoms with E-state index >= 15 is 0 Å². The fourth-order valence-electron chi connectivity index (χ4n) is 2.41. The third-order valence-electron chi connectivity index (χ3n) is 3.64. The zero-order valence-electron chi connectivity index (χ0n) is 11.6. The molecule has 1 amide bonds. The van der Waals surface area contributed by atoms with Gasteiger partial charge in [-0.1, -0.05) is 23.8 Å². The molecule has 1 saturated heterocycles. The van der Waals surface area contributed by atoms with Crippen LogP contribution in [-0.2, 0) is 22.0 Å². The summed E-state index contributed by atoms with van der Waals surface area (Å²) in [5.41, 5.74) is 3.76. The standard InChI is InChI=1S/C15H21NO2S/c1-12-3-4-14(13(2)11-12)5-6-15(17)16-7-9-19(18)10-8-16/h3-4,11H,5-10H2,1-2H3. The van der Waals surface area contributed by atoms with Gasteiger partial charge in [0.05, 0.1) is 0 Å². The van der Waals surface area contributed by atoms with E-state index in [1.54, 1.807) is 0 Å². The van der Waals surface area contributed by atoms with Gasteiger partial charge >= 0.3 is 0 Å². The van der Waals surface area contributed by atoms with E-state index in [0.717, 1.165) is 6.42 Å². The fourth-order valence-corrected chi connectivity index (χ4v) is 3.47. The Morgan fingerprint density at radius 2 is 1.95 bits per heavy atom. The Morgan fingerprint density at radius 1 is 1.26 bits per heavy atom. The minimum Gasteiger partial charge on any atom is -0.341 e. The van der Waals surface area contributed by atoms with Gasteiger partial charge in [0, 0.05) is 41.8 Å². The van der Waals surface area contributed by atoms with Gasteiger partial charge in [0.1, 0.15) is 0 Å². The number of hydrogen-bond donors (Lipinski definition) is 0. The molecule has 1 aliphatic heterocycles. The average molecular weight is 279 g/mol. The minimum absolute atomic E-state index is 0.191. The van der Waals surface area contributed by atoms with Crippen molar-refractivity contribution in [2.24, 2.45) is 0 Å². The second kappa shape index (κ2) is 6.33. The Balaban J connectivity index is 1.88. The summed E-state index contributed by atoms with van der Waals surface area (Å²) in [5, 5.41) is 0. The molecule has 1 fully saturated rings. The Bertz CT molecular complexity index is 489. The molecule has 4 heteroatoms. The monoisotopic (exact) mass is 279 g/mol. The van der Waals surface area contributed by atoms with Crippen LogP contribution in [0.3, 0.4) is 0 Å². The Labute approximate surface area is 117 Å². The first-order valence-corrected chi connectivity index (χ1v) is 8.24. The van der Waals surface area contributed by atoms with E-state index in [-0.39, 0.29) is 5.91 Å². The lowest BCUT2D eigenvalue weighted by Gasteiger charge is -2.26. The van der Waals surface area contributed by atoms with Gasteiger partial charge in [-0.05, 0) is 31.4 Å². The predicted octanol–water partition coefficient (Wildman–Crippen LogP) is 1.83. The average Bonchev–Trinajstić information content (AvgIpc) is 2.38. The summed E-state index contributed by atoms with van der Waals surface area (Å²) in [6, 6.07) is 6.36. The van der Waals surface area contributed by atoms with Crippen molar-refractivity contribution in [2.75, 3.05) is 24.6 Å². The summed E-state index contributed by atoms with van der Waals surface area (Å²) in [6.07, 6.45) is 1.35. The van der Waals surface area contributed by atoms with E-state index in [1.807, 2.05) is 4.90 Å². The predicted molar refractivity (Wildman–Crippen MR) is 78.7 cm³/mol. The molecule has 1 aliphatic rings. The molecule has 0 radical (unpaired) electrons. The van der Waals surface area contributed by atoms with E-state index in [0.29, 0.717) is 31.0 Å². The summed E-state index contributed by atoms with van der Waals surface area (Å²) >= 11 is 0. The number of hydrogen-bond acceptors (Lipinski definition) is 2. The van der Waals surface area contributed by atoms with Crippen LogP contribution in [0.25, 0.3) is 0 Å². The van der Waals surface area contributed by atoms with Crippen molar-refractivity contribution in [1.82, 2.24) is 4.90 Å². The van der Waals surface area contributed by atoms with Crippen LogP contribution in [0.2, 0.25) is 0 Å². The summed E-state index contributed by atoms with van der Waals surface area (Å²) in [4.78, 5) is 13.9. The summed E-state index contributed by atoms with van der Waals surface area (Å²) in [6.45, 7) is 5.48. The van der Waals surface area contributed by atoms with Gasteiger partial charge in [0.25, 0.3) is 0 Å². The molecular formula is C15H21NO2S. The van der Waals surface area contributed by atoms with Crippen LogP contribution in [0.4, 0.5) is 0 Å². The van der Waals surface area contributed by atoms with Crippen LogP contribution >= 0.6 is 0 Å². The molecule has 0 aliphatic carbocycles. The SMILES string of the molecule is Cc1ccc(CCC(=O)N2CCS(=O)CC2)c(C)c1. The highest BCUT2D eigenvalue weighted by atomic mass is 32.2. The second-order valence-electron chi connectivity index (χ2n) is 5.16. The molecule has 0 spiro atoms. The second-order valence-corrected chi connectivity index (χ2v) is 6.85. The number of aryl methyl sites for hydroxylation is 3. The third kappa shape index (κ3) is 3.90. The van der Waals surface area contributed by atoms with Gasteiger partial charge in [-0.2, -0.15) is 0 Å². The highest BCUT2D eigenvalue weighted by Crippen LogP contribution is 2.13. The summed E-state index contributed by atoms with van der Waals surface area (Å²) in [5.74, 6) is 1.46. The quantitative estimate of drug-likeness (QED) is 0.846. The molecule has 0 aromatic heterocycles. The maximum atomic E-state index is 12.1. The summed E-state index contributed by atoms with van der Waals surface area (Å²) in [7, 11) is -0.718. The number of nitrogens with zero attached hydrogens (tertiary/aromatic N) is 1. The molecule has 0 atom stereocenters. The van der Waals surface area contributed by atoms with Crippen molar-refractivity contribution in [3.8, 4) is 0 Å². The number of carbonyl (C=O) groups is 1. The van der Waals surface area contributed by atoms with Crippen molar-refractivity contribution in [3.05, 3.63) is 34.9 Å². The largest absolute Gasteiger partial charge is 0.341 e. The third-order valence-corrected chi connectivity index (χ3v) is 4.91. The van der Waals surface area contributed by atoms with E-state index < -0.39 is 10.8 Å². The van der Waals surface area contributed by atoms with Gasteiger partial charge < -0.3 is 4.90 Å². The Hall–Kier alpha value is -1.16.